The van der Waals surface area contributed by atoms with Gasteiger partial charge in [-0.15, -0.1) is 0 Å². The van der Waals surface area contributed by atoms with Gasteiger partial charge in [0.1, 0.15) is 17.5 Å². The molecule has 0 unspecified atom stereocenters. The Labute approximate surface area is 198 Å². The molecule has 0 radical (unpaired) electrons. The van der Waals surface area contributed by atoms with Crippen molar-refractivity contribution in [2.45, 2.75) is 37.8 Å². The van der Waals surface area contributed by atoms with E-state index in [0.29, 0.717) is 61.5 Å². The van der Waals surface area contributed by atoms with Crippen LogP contribution in [0, 0.1) is 0 Å². The molecule has 0 spiro atoms. The van der Waals surface area contributed by atoms with Crippen LogP contribution in [0.25, 0.3) is 11.1 Å². The number of carbonyl (C=O) groups is 3. The van der Waals surface area contributed by atoms with Gasteiger partial charge in [0.05, 0.1) is 25.5 Å². The summed E-state index contributed by atoms with van der Waals surface area (Å²) < 4.78 is 10.8. The number of rotatable bonds is 7. The Kier molecular flexibility index (Phi) is 7.02. The maximum atomic E-state index is 13.5. The Balaban J connectivity index is 1.58. The molecule has 2 heterocycles. The normalized spacial score (nSPS) is 19.4. The molecule has 0 bridgehead atoms. The Morgan fingerprint density at radius 3 is 2.71 bits per heavy atom. The quantitative estimate of drug-likeness (QED) is 0.575. The lowest BCUT2D eigenvalue weighted by Gasteiger charge is -2.37. The number of methoxy groups -OCH3 is 2. The van der Waals surface area contributed by atoms with Crippen molar-refractivity contribution in [3.8, 4) is 22.6 Å². The number of piperidine rings is 1. The van der Waals surface area contributed by atoms with Gasteiger partial charge in [0, 0.05) is 30.6 Å². The van der Waals surface area contributed by atoms with E-state index < -0.39 is 6.04 Å². The van der Waals surface area contributed by atoms with Gasteiger partial charge >= 0.3 is 0 Å². The summed E-state index contributed by atoms with van der Waals surface area (Å²) in [7, 11) is 3.17. The van der Waals surface area contributed by atoms with Gasteiger partial charge in [-0.2, -0.15) is 0 Å². The van der Waals surface area contributed by atoms with Crippen LogP contribution in [-0.4, -0.2) is 62.0 Å². The van der Waals surface area contributed by atoms with Crippen LogP contribution < -0.4 is 25.8 Å². The zero-order valence-electron chi connectivity index (χ0n) is 19.4. The van der Waals surface area contributed by atoms with Crippen molar-refractivity contribution in [3.63, 3.8) is 0 Å². The predicted molar refractivity (Wildman–Crippen MR) is 128 cm³/mol. The minimum Gasteiger partial charge on any atom is -0.497 e. The second kappa shape index (κ2) is 10.1. The number of amides is 3. The van der Waals surface area contributed by atoms with E-state index in [9.17, 15) is 14.4 Å². The number of ether oxygens (including phenoxy) is 2. The Hall–Kier alpha value is -3.59. The van der Waals surface area contributed by atoms with Crippen molar-refractivity contribution >= 4 is 23.4 Å². The largest absolute Gasteiger partial charge is 0.497 e. The highest BCUT2D eigenvalue weighted by Crippen LogP contribution is 2.36. The molecule has 2 aromatic rings. The molecule has 4 rings (SSSR count). The first-order chi connectivity index (χ1) is 16.4. The summed E-state index contributed by atoms with van der Waals surface area (Å²) in [4.78, 5) is 40.3. The van der Waals surface area contributed by atoms with E-state index in [-0.39, 0.29) is 23.8 Å². The van der Waals surface area contributed by atoms with Crippen molar-refractivity contribution in [1.82, 2.24) is 10.2 Å². The zero-order chi connectivity index (χ0) is 24.2. The van der Waals surface area contributed by atoms with Crippen molar-refractivity contribution in [1.29, 1.82) is 0 Å². The zero-order valence-corrected chi connectivity index (χ0v) is 19.4. The minimum absolute atomic E-state index is 0.0781. The fraction of sp³-hybridized carbons (Fsp3) is 0.400. The van der Waals surface area contributed by atoms with Crippen LogP contribution in [0.5, 0.6) is 11.5 Å². The topological polar surface area (TPSA) is 123 Å². The molecule has 0 aromatic heterocycles. The van der Waals surface area contributed by atoms with Gasteiger partial charge in [-0.3, -0.25) is 14.4 Å². The molecular weight excluding hydrogens is 436 g/mol. The highest BCUT2D eigenvalue weighted by atomic mass is 16.5. The van der Waals surface area contributed by atoms with Crippen molar-refractivity contribution in [2.24, 2.45) is 5.73 Å². The van der Waals surface area contributed by atoms with Crippen LogP contribution in [0.15, 0.2) is 36.4 Å². The second-order valence-corrected chi connectivity index (χ2v) is 8.51. The Bertz CT molecular complexity index is 1100. The smallest absolute Gasteiger partial charge is 0.256 e. The summed E-state index contributed by atoms with van der Waals surface area (Å²) in [6.07, 6.45) is 1.93. The van der Waals surface area contributed by atoms with Gasteiger partial charge < -0.3 is 30.7 Å². The van der Waals surface area contributed by atoms with Crippen LogP contribution >= 0.6 is 0 Å². The maximum absolute atomic E-state index is 13.5. The molecule has 2 atom stereocenters. The summed E-state index contributed by atoms with van der Waals surface area (Å²) in [6.45, 7) is 0.836. The van der Waals surface area contributed by atoms with Gasteiger partial charge in [-0.05, 0) is 55.6 Å². The first kappa shape index (κ1) is 23.6. The van der Waals surface area contributed by atoms with Gasteiger partial charge in [-0.1, -0.05) is 6.07 Å². The third-order valence-electron chi connectivity index (χ3n) is 6.37. The van der Waals surface area contributed by atoms with Crippen LogP contribution in [0.4, 0.5) is 5.69 Å². The highest BCUT2D eigenvalue weighted by Gasteiger charge is 2.40. The highest BCUT2D eigenvalue weighted by molar-refractivity contribution is 6.10. The Morgan fingerprint density at radius 2 is 1.97 bits per heavy atom. The van der Waals surface area contributed by atoms with Gasteiger partial charge in [-0.25, -0.2) is 0 Å². The molecule has 2 aliphatic heterocycles. The standard InChI is InChI=1S/C25H30N4O5/c1-33-17-6-7-18(22(14-17)34-2)15-5-8-20-19(12-15)25(32)29-11-9-16(13-21(29)24(31)28-20)27-23(30)4-3-10-26/h5-8,12,14,16,21H,3-4,9-11,13,26H2,1-2H3,(H,27,30)(H,28,31)/t16-,21-/m0/s1. The van der Waals surface area contributed by atoms with E-state index in [0.717, 1.165) is 11.1 Å². The predicted octanol–water partition coefficient (Wildman–Crippen LogP) is 2.15. The molecule has 1 saturated heterocycles. The van der Waals surface area contributed by atoms with Gasteiger partial charge in [0.2, 0.25) is 11.8 Å². The lowest BCUT2D eigenvalue weighted by molar-refractivity contribution is -0.125. The van der Waals surface area contributed by atoms with Crippen molar-refractivity contribution in [3.05, 3.63) is 42.0 Å². The average molecular weight is 467 g/mol. The lowest BCUT2D eigenvalue weighted by Crippen LogP contribution is -2.55. The molecule has 3 amide bonds. The second-order valence-electron chi connectivity index (χ2n) is 8.51. The van der Waals surface area contributed by atoms with E-state index in [1.54, 1.807) is 37.3 Å². The van der Waals surface area contributed by atoms with Crippen molar-refractivity contribution < 1.29 is 23.9 Å². The van der Waals surface area contributed by atoms with Gasteiger partial charge in [0.25, 0.3) is 5.91 Å². The van der Waals surface area contributed by atoms with E-state index in [1.165, 1.54) is 0 Å². The molecule has 4 N–H and O–H groups in total. The fourth-order valence-corrected chi connectivity index (χ4v) is 4.56. The summed E-state index contributed by atoms with van der Waals surface area (Å²) in [5.41, 5.74) is 7.98. The number of nitrogens with one attached hydrogen (secondary N) is 2. The monoisotopic (exact) mass is 466 g/mol. The molecular formula is C25H30N4O5. The molecule has 0 aliphatic carbocycles. The van der Waals surface area contributed by atoms with Crippen molar-refractivity contribution in [2.75, 3.05) is 32.6 Å². The number of nitrogens with two attached hydrogens (primary N) is 1. The minimum atomic E-state index is -0.646. The van der Waals surface area contributed by atoms with Crippen LogP contribution in [-0.2, 0) is 9.59 Å². The van der Waals surface area contributed by atoms with E-state index in [4.69, 9.17) is 15.2 Å². The number of hydrogen-bond acceptors (Lipinski definition) is 6. The third kappa shape index (κ3) is 4.70. The Morgan fingerprint density at radius 1 is 1.15 bits per heavy atom. The molecule has 9 heteroatoms. The summed E-state index contributed by atoms with van der Waals surface area (Å²) in [6, 6.07) is 10.1. The fourth-order valence-electron chi connectivity index (χ4n) is 4.56. The number of hydrogen-bond donors (Lipinski definition) is 3. The average Bonchev–Trinajstić information content (AvgIpc) is 2.96. The SMILES string of the molecule is COc1ccc(-c2ccc3c(c2)C(=O)N2CC[C@H](NC(=O)CCCN)C[C@H]2C(=O)N3)c(OC)c1. The molecule has 0 saturated carbocycles. The van der Waals surface area contributed by atoms with Crippen LogP contribution in [0.1, 0.15) is 36.0 Å². The summed E-state index contributed by atoms with van der Waals surface area (Å²) >= 11 is 0. The van der Waals surface area contributed by atoms with Gasteiger partial charge in [0.15, 0.2) is 0 Å². The molecule has 2 aliphatic rings. The first-order valence-corrected chi connectivity index (χ1v) is 11.4. The lowest BCUT2D eigenvalue weighted by atomic mass is 9.95. The summed E-state index contributed by atoms with van der Waals surface area (Å²) in [5, 5.41) is 5.88. The number of anilines is 1. The molecule has 1 fully saturated rings. The number of fused-ring (bicyclic) bond motifs is 2. The maximum Gasteiger partial charge on any atom is 0.256 e. The molecule has 180 valence electrons. The van der Waals surface area contributed by atoms with E-state index >= 15 is 0 Å². The number of benzene rings is 2. The molecule has 2 aromatic carbocycles. The molecule has 34 heavy (non-hydrogen) atoms. The van der Waals surface area contributed by atoms with Crippen LogP contribution in [0.2, 0.25) is 0 Å². The van der Waals surface area contributed by atoms with Crippen LogP contribution in [0.3, 0.4) is 0 Å². The number of nitrogens with zero attached hydrogens (tertiary/aromatic N) is 1. The number of carbonyl (C=O) groups excluding carboxylic acids is 3. The third-order valence-corrected chi connectivity index (χ3v) is 6.37. The van der Waals surface area contributed by atoms with E-state index in [1.807, 2.05) is 18.2 Å². The first-order valence-electron chi connectivity index (χ1n) is 11.4. The summed E-state index contributed by atoms with van der Waals surface area (Å²) in [5.74, 6) is 0.752. The van der Waals surface area contributed by atoms with E-state index in [2.05, 4.69) is 10.6 Å². The molecule has 9 nitrogen and oxygen atoms in total.